The number of hydrogen-bond donors (Lipinski definition) is 0. The molecule has 0 aliphatic carbocycles. The van der Waals surface area contributed by atoms with Gasteiger partial charge in [-0.25, -0.2) is 9.50 Å². The van der Waals surface area contributed by atoms with Crippen molar-refractivity contribution in [3.8, 4) is 0 Å². The number of carbonyl (C=O) groups is 1. The molecule has 0 saturated heterocycles. The van der Waals surface area contributed by atoms with Crippen LogP contribution in [0.3, 0.4) is 0 Å². The van der Waals surface area contributed by atoms with E-state index < -0.39 is 0 Å². The first-order chi connectivity index (χ1) is 10.6. The number of amides is 1. The van der Waals surface area contributed by atoms with Gasteiger partial charge in [-0.1, -0.05) is 36.3 Å². The summed E-state index contributed by atoms with van der Waals surface area (Å²) in [5, 5.41) is 5.69. The number of hydrogen-bond acceptors (Lipinski definition) is 5. The van der Waals surface area contributed by atoms with Gasteiger partial charge in [0, 0.05) is 19.7 Å². The maximum Gasteiger partial charge on any atom is 0.247 e. The van der Waals surface area contributed by atoms with Gasteiger partial charge in [0.2, 0.25) is 10.9 Å². The lowest BCUT2D eigenvalue weighted by Crippen LogP contribution is -2.26. The van der Waals surface area contributed by atoms with Gasteiger partial charge in [0.1, 0.15) is 10.7 Å². The highest BCUT2D eigenvalue weighted by Crippen LogP contribution is 2.26. The van der Waals surface area contributed by atoms with Crippen molar-refractivity contribution in [3.05, 3.63) is 27.5 Å². The lowest BCUT2D eigenvalue weighted by atomic mass is 10.2. The molecule has 0 fully saturated rings. The molecule has 0 spiro atoms. The van der Waals surface area contributed by atoms with Crippen LogP contribution in [-0.2, 0) is 22.7 Å². The fourth-order valence-corrected chi connectivity index (χ4v) is 3.70. The lowest BCUT2D eigenvalue weighted by molar-refractivity contribution is -0.125. The molecule has 8 heteroatoms. The monoisotopic (exact) mass is 340 g/mol. The van der Waals surface area contributed by atoms with Crippen LogP contribution in [0.15, 0.2) is 11.6 Å². The summed E-state index contributed by atoms with van der Waals surface area (Å²) in [4.78, 5) is 18.9. The van der Waals surface area contributed by atoms with E-state index in [0.717, 1.165) is 28.5 Å². The van der Waals surface area contributed by atoms with E-state index in [4.69, 9.17) is 16.3 Å². The van der Waals surface area contributed by atoms with Gasteiger partial charge in [-0.2, -0.15) is 5.10 Å². The van der Waals surface area contributed by atoms with E-state index in [0.29, 0.717) is 24.8 Å². The molecule has 0 atom stereocenters. The minimum atomic E-state index is 0.0295. The van der Waals surface area contributed by atoms with E-state index in [2.05, 4.69) is 17.0 Å². The highest BCUT2D eigenvalue weighted by atomic mass is 35.5. The third kappa shape index (κ3) is 2.88. The number of nitrogens with zero attached hydrogens (tertiary/aromatic N) is 4. The molecule has 1 aliphatic heterocycles. The van der Waals surface area contributed by atoms with Gasteiger partial charge >= 0.3 is 0 Å². The molecular weight excluding hydrogens is 324 g/mol. The van der Waals surface area contributed by atoms with E-state index in [1.54, 1.807) is 22.6 Å². The summed E-state index contributed by atoms with van der Waals surface area (Å²) in [5.74, 6) is 0.0295. The molecule has 3 rings (SSSR count). The Balaban J connectivity index is 1.82. The highest BCUT2D eigenvalue weighted by molar-refractivity contribution is 7.16. The average molecular weight is 341 g/mol. The predicted octanol–water partition coefficient (Wildman–Crippen LogP) is 2.66. The Morgan fingerprint density at radius 2 is 2.32 bits per heavy atom. The summed E-state index contributed by atoms with van der Waals surface area (Å²) in [6.07, 6.45) is 3.72. The maximum absolute atomic E-state index is 12.1. The smallest absolute Gasteiger partial charge is 0.247 e. The number of methoxy groups -OCH3 is 1. The van der Waals surface area contributed by atoms with E-state index in [1.165, 1.54) is 16.9 Å². The van der Waals surface area contributed by atoms with Gasteiger partial charge in [0.25, 0.3) is 0 Å². The summed E-state index contributed by atoms with van der Waals surface area (Å²) in [6.45, 7) is 3.62. The second-order valence-electron chi connectivity index (χ2n) is 5.22. The van der Waals surface area contributed by atoms with E-state index in [-0.39, 0.29) is 5.91 Å². The number of aromatic nitrogens is 3. The zero-order chi connectivity index (χ0) is 15.7. The zero-order valence-corrected chi connectivity index (χ0v) is 14.1. The minimum absolute atomic E-state index is 0.0295. The Hall–Kier alpha value is -1.44. The second-order valence-corrected chi connectivity index (χ2v) is 6.62. The number of fused-ring (bicyclic) bond motifs is 1. The fourth-order valence-electron chi connectivity index (χ4n) is 2.54. The summed E-state index contributed by atoms with van der Waals surface area (Å²) < 4.78 is 6.80. The number of imidazole rings is 1. The van der Waals surface area contributed by atoms with Crippen LogP contribution < -0.4 is 0 Å². The maximum atomic E-state index is 12.1. The molecule has 2 aromatic heterocycles. The Morgan fingerprint density at radius 3 is 3.05 bits per heavy atom. The molecular formula is C14H17ClN4O2S. The summed E-state index contributed by atoms with van der Waals surface area (Å²) >= 11 is 7.65. The Kier molecular flexibility index (Phi) is 4.46. The number of rotatable bonds is 6. The average Bonchev–Trinajstić information content (AvgIpc) is 3.08. The van der Waals surface area contributed by atoms with Crippen molar-refractivity contribution >= 4 is 33.8 Å². The SMILES string of the molecule is CCCC1=CC(=O)N(Cc2c(Cl)nc3sc(COC)nn23)C1. The molecule has 0 bridgehead atoms. The lowest BCUT2D eigenvalue weighted by Gasteiger charge is -2.15. The van der Waals surface area contributed by atoms with Gasteiger partial charge in [0.15, 0.2) is 5.15 Å². The molecule has 0 N–H and O–H groups in total. The molecule has 0 unspecified atom stereocenters. The van der Waals surface area contributed by atoms with E-state index in [9.17, 15) is 4.79 Å². The van der Waals surface area contributed by atoms with Crippen LogP contribution in [0.1, 0.15) is 30.5 Å². The Bertz CT molecular complexity index is 737. The molecule has 2 aromatic rings. The van der Waals surface area contributed by atoms with Gasteiger partial charge in [-0.05, 0) is 12.0 Å². The van der Waals surface area contributed by atoms with Crippen molar-refractivity contribution in [2.24, 2.45) is 0 Å². The highest BCUT2D eigenvalue weighted by Gasteiger charge is 2.24. The number of ether oxygens (including phenoxy) is 1. The normalized spacial score (nSPS) is 15.1. The predicted molar refractivity (Wildman–Crippen MR) is 85.0 cm³/mol. The van der Waals surface area contributed by atoms with Gasteiger partial charge in [-0.15, -0.1) is 0 Å². The van der Waals surface area contributed by atoms with Crippen LogP contribution in [0, 0.1) is 0 Å². The molecule has 118 valence electrons. The van der Waals surface area contributed by atoms with E-state index >= 15 is 0 Å². The van der Waals surface area contributed by atoms with Crippen molar-refractivity contribution < 1.29 is 9.53 Å². The third-order valence-corrected chi connectivity index (χ3v) is 4.69. The van der Waals surface area contributed by atoms with Crippen LogP contribution in [0.4, 0.5) is 0 Å². The molecule has 0 aromatic carbocycles. The Labute approximate surface area is 137 Å². The Morgan fingerprint density at radius 1 is 1.50 bits per heavy atom. The van der Waals surface area contributed by atoms with Crippen LogP contribution in [0.5, 0.6) is 0 Å². The van der Waals surface area contributed by atoms with Crippen LogP contribution in [0.2, 0.25) is 5.15 Å². The van der Waals surface area contributed by atoms with Gasteiger partial charge < -0.3 is 9.64 Å². The quantitative estimate of drug-likeness (QED) is 0.811. The third-order valence-electron chi connectivity index (χ3n) is 3.50. The standard InChI is InChI=1S/C14H17ClN4O2S/c1-3-4-9-5-12(20)18(6-9)7-10-13(15)16-14-19(10)17-11(22-14)8-21-2/h5H,3-4,6-8H2,1-2H3. The van der Waals surface area contributed by atoms with E-state index in [1.807, 2.05) is 0 Å². The number of halogens is 1. The summed E-state index contributed by atoms with van der Waals surface area (Å²) in [5.41, 5.74) is 1.91. The van der Waals surface area contributed by atoms with Crippen molar-refractivity contribution in [2.75, 3.05) is 13.7 Å². The zero-order valence-electron chi connectivity index (χ0n) is 12.5. The first-order valence-corrected chi connectivity index (χ1v) is 8.32. The molecule has 22 heavy (non-hydrogen) atoms. The van der Waals surface area contributed by atoms with Crippen molar-refractivity contribution in [2.45, 2.75) is 32.9 Å². The summed E-state index contributed by atoms with van der Waals surface area (Å²) in [7, 11) is 1.63. The van der Waals surface area contributed by atoms with Gasteiger partial charge in [-0.3, -0.25) is 4.79 Å². The first kappa shape index (κ1) is 15.5. The van der Waals surface area contributed by atoms with Crippen molar-refractivity contribution in [1.29, 1.82) is 0 Å². The topological polar surface area (TPSA) is 59.7 Å². The van der Waals surface area contributed by atoms with Crippen LogP contribution >= 0.6 is 22.9 Å². The second kappa shape index (κ2) is 6.36. The largest absolute Gasteiger partial charge is 0.377 e. The molecule has 0 radical (unpaired) electrons. The molecule has 0 saturated carbocycles. The molecule has 3 heterocycles. The molecule has 1 aliphatic rings. The van der Waals surface area contributed by atoms with Crippen molar-refractivity contribution in [3.63, 3.8) is 0 Å². The van der Waals surface area contributed by atoms with Crippen LogP contribution in [0.25, 0.3) is 4.96 Å². The first-order valence-electron chi connectivity index (χ1n) is 7.12. The van der Waals surface area contributed by atoms with Crippen molar-refractivity contribution in [1.82, 2.24) is 19.5 Å². The molecule has 1 amide bonds. The van der Waals surface area contributed by atoms with Gasteiger partial charge in [0.05, 0.1) is 13.2 Å². The van der Waals surface area contributed by atoms with Crippen LogP contribution in [-0.4, -0.2) is 39.1 Å². The fraction of sp³-hybridized carbons (Fsp3) is 0.500. The summed E-state index contributed by atoms with van der Waals surface area (Å²) in [6, 6.07) is 0. The number of carbonyl (C=O) groups excluding carboxylic acids is 1. The minimum Gasteiger partial charge on any atom is -0.377 e. The molecule has 6 nitrogen and oxygen atoms in total.